The molecular weight excluding hydrogens is 294 g/mol. The molecule has 1 unspecified atom stereocenters. The molecule has 2 aromatic carbocycles. The minimum Gasteiger partial charge on any atom is -0.378 e. The standard InChI is InChI=1S/C18H21NO2S/c1-3-4-10-18(15-8-6-5-7-9-15)19-16-11-13-17(14-12-16)22(2,20)21/h3,5-9,11-14,18-19H,1,4,10H2,2H3. The van der Waals surface area contributed by atoms with Crippen LogP contribution in [0.2, 0.25) is 0 Å². The molecule has 22 heavy (non-hydrogen) atoms. The topological polar surface area (TPSA) is 46.2 Å². The lowest BCUT2D eigenvalue weighted by atomic mass is 10.0. The van der Waals surface area contributed by atoms with Gasteiger partial charge in [-0.2, -0.15) is 0 Å². The summed E-state index contributed by atoms with van der Waals surface area (Å²) in [6.07, 6.45) is 4.96. The molecule has 0 aliphatic carbocycles. The van der Waals surface area contributed by atoms with E-state index >= 15 is 0 Å². The number of nitrogens with one attached hydrogen (secondary N) is 1. The third-order valence-corrected chi connectivity index (χ3v) is 4.61. The Bertz CT molecular complexity index is 707. The molecule has 0 fully saturated rings. The molecule has 4 heteroatoms. The Kier molecular flexibility index (Phi) is 5.39. The molecule has 0 aliphatic heterocycles. The fourth-order valence-electron chi connectivity index (χ4n) is 2.29. The van der Waals surface area contributed by atoms with Crippen molar-refractivity contribution >= 4 is 15.5 Å². The Morgan fingerprint density at radius 3 is 2.27 bits per heavy atom. The molecule has 0 aliphatic rings. The van der Waals surface area contributed by atoms with Crippen molar-refractivity contribution in [3.05, 3.63) is 72.8 Å². The molecule has 0 saturated carbocycles. The second-order valence-electron chi connectivity index (χ2n) is 5.27. The second-order valence-corrected chi connectivity index (χ2v) is 7.29. The number of sulfone groups is 1. The maximum atomic E-state index is 11.5. The highest BCUT2D eigenvalue weighted by Gasteiger charge is 2.11. The molecule has 0 bridgehead atoms. The lowest BCUT2D eigenvalue weighted by molar-refractivity contribution is 0.602. The quantitative estimate of drug-likeness (QED) is 0.779. The van der Waals surface area contributed by atoms with E-state index in [1.807, 2.05) is 24.3 Å². The van der Waals surface area contributed by atoms with Crippen molar-refractivity contribution < 1.29 is 8.42 Å². The monoisotopic (exact) mass is 315 g/mol. The third-order valence-electron chi connectivity index (χ3n) is 3.48. The van der Waals surface area contributed by atoms with Crippen LogP contribution in [0.4, 0.5) is 5.69 Å². The Balaban J connectivity index is 2.18. The molecular formula is C18H21NO2S. The summed E-state index contributed by atoms with van der Waals surface area (Å²) in [6.45, 7) is 3.78. The van der Waals surface area contributed by atoms with Gasteiger partial charge >= 0.3 is 0 Å². The van der Waals surface area contributed by atoms with Crippen molar-refractivity contribution in [1.29, 1.82) is 0 Å². The maximum Gasteiger partial charge on any atom is 0.175 e. The molecule has 0 radical (unpaired) electrons. The minimum absolute atomic E-state index is 0.170. The summed E-state index contributed by atoms with van der Waals surface area (Å²) in [5, 5.41) is 3.47. The van der Waals surface area contributed by atoms with Crippen molar-refractivity contribution in [2.45, 2.75) is 23.8 Å². The van der Waals surface area contributed by atoms with Crippen LogP contribution in [0, 0.1) is 0 Å². The molecule has 0 spiro atoms. The van der Waals surface area contributed by atoms with Crippen LogP contribution in [-0.2, 0) is 9.84 Å². The van der Waals surface area contributed by atoms with Crippen molar-refractivity contribution in [2.75, 3.05) is 11.6 Å². The highest BCUT2D eigenvalue weighted by atomic mass is 32.2. The van der Waals surface area contributed by atoms with Crippen LogP contribution in [0.25, 0.3) is 0 Å². The van der Waals surface area contributed by atoms with Crippen molar-refractivity contribution in [1.82, 2.24) is 0 Å². The summed E-state index contributed by atoms with van der Waals surface area (Å²) in [7, 11) is -3.16. The van der Waals surface area contributed by atoms with Crippen LogP contribution in [0.3, 0.4) is 0 Å². The molecule has 3 nitrogen and oxygen atoms in total. The van der Waals surface area contributed by atoms with Crippen LogP contribution in [0.1, 0.15) is 24.4 Å². The van der Waals surface area contributed by atoms with Crippen molar-refractivity contribution in [3.63, 3.8) is 0 Å². The summed E-state index contributed by atoms with van der Waals surface area (Å²) in [4.78, 5) is 0.334. The predicted molar refractivity (Wildman–Crippen MR) is 91.8 cm³/mol. The fraction of sp³-hybridized carbons (Fsp3) is 0.222. The average molecular weight is 315 g/mol. The van der Waals surface area contributed by atoms with E-state index in [-0.39, 0.29) is 6.04 Å². The number of anilines is 1. The minimum atomic E-state index is -3.16. The zero-order chi connectivity index (χ0) is 16.0. The molecule has 1 N–H and O–H groups in total. The van der Waals surface area contributed by atoms with Crippen LogP contribution in [0.5, 0.6) is 0 Å². The Labute approximate surface area is 132 Å². The van der Waals surface area contributed by atoms with Gasteiger partial charge in [0.1, 0.15) is 0 Å². The van der Waals surface area contributed by atoms with Gasteiger partial charge in [-0.25, -0.2) is 8.42 Å². The van der Waals surface area contributed by atoms with Crippen molar-refractivity contribution in [2.24, 2.45) is 0 Å². The van der Waals surface area contributed by atoms with E-state index in [2.05, 4.69) is 24.0 Å². The van der Waals surface area contributed by atoms with Gasteiger partial charge in [0.2, 0.25) is 0 Å². The summed E-state index contributed by atoms with van der Waals surface area (Å²) in [6, 6.07) is 17.3. The summed E-state index contributed by atoms with van der Waals surface area (Å²) in [5.74, 6) is 0. The Morgan fingerprint density at radius 2 is 1.73 bits per heavy atom. The molecule has 2 aromatic rings. The molecule has 0 aromatic heterocycles. The largest absolute Gasteiger partial charge is 0.378 e. The smallest absolute Gasteiger partial charge is 0.175 e. The van der Waals surface area contributed by atoms with E-state index in [4.69, 9.17) is 0 Å². The first-order valence-electron chi connectivity index (χ1n) is 7.23. The Hall–Kier alpha value is -2.07. The molecule has 0 amide bonds. The maximum absolute atomic E-state index is 11.5. The highest BCUT2D eigenvalue weighted by Crippen LogP contribution is 2.25. The van der Waals surface area contributed by atoms with Gasteiger partial charge in [-0.05, 0) is 42.7 Å². The Morgan fingerprint density at radius 1 is 1.09 bits per heavy atom. The zero-order valence-electron chi connectivity index (χ0n) is 12.7. The summed E-state index contributed by atoms with van der Waals surface area (Å²) in [5.41, 5.74) is 2.11. The second kappa shape index (κ2) is 7.27. The average Bonchev–Trinajstić information content (AvgIpc) is 2.52. The van der Waals surface area contributed by atoms with Crippen LogP contribution < -0.4 is 5.32 Å². The first-order valence-corrected chi connectivity index (χ1v) is 9.12. The number of hydrogen-bond donors (Lipinski definition) is 1. The first kappa shape index (κ1) is 16.3. The normalized spacial score (nSPS) is 12.6. The number of rotatable bonds is 7. The van der Waals surface area contributed by atoms with E-state index in [1.165, 1.54) is 11.8 Å². The van der Waals surface area contributed by atoms with Crippen molar-refractivity contribution in [3.8, 4) is 0 Å². The first-order chi connectivity index (χ1) is 10.5. The zero-order valence-corrected chi connectivity index (χ0v) is 13.5. The molecule has 116 valence electrons. The summed E-state index contributed by atoms with van der Waals surface area (Å²) < 4.78 is 23.0. The van der Waals surface area contributed by atoms with E-state index < -0.39 is 9.84 Å². The van der Waals surface area contributed by atoms with E-state index in [9.17, 15) is 8.42 Å². The molecule has 0 heterocycles. The van der Waals surface area contributed by atoms with Gasteiger partial charge in [0.15, 0.2) is 9.84 Å². The molecule has 1 atom stereocenters. The predicted octanol–water partition coefficient (Wildman–Crippen LogP) is 4.21. The third kappa shape index (κ3) is 4.46. The van der Waals surface area contributed by atoms with Gasteiger partial charge in [-0.1, -0.05) is 36.4 Å². The van der Waals surface area contributed by atoms with Gasteiger partial charge in [-0.15, -0.1) is 6.58 Å². The molecule has 2 rings (SSSR count). The van der Waals surface area contributed by atoms with Crippen LogP contribution in [-0.4, -0.2) is 14.7 Å². The fourth-order valence-corrected chi connectivity index (χ4v) is 2.92. The van der Waals surface area contributed by atoms with Crippen LogP contribution in [0.15, 0.2) is 72.1 Å². The van der Waals surface area contributed by atoms with Gasteiger partial charge < -0.3 is 5.32 Å². The highest BCUT2D eigenvalue weighted by molar-refractivity contribution is 7.90. The molecule has 0 saturated heterocycles. The lowest BCUT2D eigenvalue weighted by Gasteiger charge is -2.20. The number of hydrogen-bond acceptors (Lipinski definition) is 3. The number of benzene rings is 2. The van der Waals surface area contributed by atoms with Crippen LogP contribution >= 0.6 is 0 Å². The van der Waals surface area contributed by atoms with Gasteiger partial charge in [0.25, 0.3) is 0 Å². The lowest BCUT2D eigenvalue weighted by Crippen LogP contribution is -2.10. The SMILES string of the molecule is C=CCCC(Nc1ccc(S(C)(=O)=O)cc1)c1ccccc1. The van der Waals surface area contributed by atoms with Gasteiger partial charge in [-0.3, -0.25) is 0 Å². The van der Waals surface area contributed by atoms with E-state index in [0.717, 1.165) is 18.5 Å². The summed E-state index contributed by atoms with van der Waals surface area (Å²) >= 11 is 0. The van der Waals surface area contributed by atoms with Gasteiger partial charge in [0, 0.05) is 11.9 Å². The van der Waals surface area contributed by atoms with E-state index in [1.54, 1.807) is 24.3 Å². The van der Waals surface area contributed by atoms with Gasteiger partial charge in [0.05, 0.1) is 10.9 Å². The van der Waals surface area contributed by atoms with E-state index in [0.29, 0.717) is 4.90 Å². The number of allylic oxidation sites excluding steroid dienone is 1.